The third-order valence-corrected chi connectivity index (χ3v) is 2.49. The molecule has 6 heteroatoms. The van der Waals surface area contributed by atoms with Crippen LogP contribution < -0.4 is 9.47 Å². The van der Waals surface area contributed by atoms with Gasteiger partial charge in [-0.2, -0.15) is 9.97 Å². The Morgan fingerprint density at radius 2 is 1.83 bits per heavy atom. The third kappa shape index (κ3) is 2.42. The zero-order valence-electron chi connectivity index (χ0n) is 10.8. The maximum atomic E-state index is 5.13. The van der Waals surface area contributed by atoms with E-state index in [2.05, 4.69) is 21.9 Å². The molecule has 0 atom stereocenters. The molecule has 96 valence electrons. The molecule has 0 N–H and O–H groups in total. The smallest absolute Gasteiger partial charge is 0.241 e. The number of hydrogen-bond acceptors (Lipinski definition) is 5. The van der Waals surface area contributed by atoms with Crippen molar-refractivity contribution < 1.29 is 9.47 Å². The quantitative estimate of drug-likeness (QED) is 0.804. The number of methoxy groups -OCH3 is 2. The standard InChI is InChI=1S/C12H16N4O2/c1-4-5-9-13-6-7-16(9)12-14-10(17-2)8-11(15-12)18-3/h6-8H,4-5H2,1-3H3. The van der Waals surface area contributed by atoms with E-state index in [1.807, 2.05) is 10.8 Å². The zero-order chi connectivity index (χ0) is 13.0. The monoisotopic (exact) mass is 248 g/mol. The van der Waals surface area contributed by atoms with Gasteiger partial charge in [-0.1, -0.05) is 6.92 Å². The molecule has 0 fully saturated rings. The van der Waals surface area contributed by atoms with Crippen LogP contribution in [0.5, 0.6) is 11.8 Å². The highest BCUT2D eigenvalue weighted by atomic mass is 16.5. The number of nitrogens with zero attached hydrogens (tertiary/aromatic N) is 4. The third-order valence-electron chi connectivity index (χ3n) is 2.49. The lowest BCUT2D eigenvalue weighted by atomic mass is 10.3. The van der Waals surface area contributed by atoms with Crippen LogP contribution in [-0.4, -0.2) is 33.7 Å². The molecule has 0 amide bonds. The van der Waals surface area contributed by atoms with Crippen LogP contribution in [0.4, 0.5) is 0 Å². The molecule has 0 bridgehead atoms. The van der Waals surface area contributed by atoms with E-state index < -0.39 is 0 Å². The first-order valence-corrected chi connectivity index (χ1v) is 5.78. The Morgan fingerprint density at radius 1 is 1.17 bits per heavy atom. The van der Waals surface area contributed by atoms with Crippen LogP contribution in [0.1, 0.15) is 19.2 Å². The lowest BCUT2D eigenvalue weighted by molar-refractivity contribution is 0.370. The van der Waals surface area contributed by atoms with E-state index in [1.54, 1.807) is 26.5 Å². The SMILES string of the molecule is CCCc1nccn1-c1nc(OC)cc(OC)n1. The van der Waals surface area contributed by atoms with Crippen LogP contribution in [-0.2, 0) is 6.42 Å². The molecule has 0 aliphatic carbocycles. The van der Waals surface area contributed by atoms with Crippen molar-refractivity contribution in [2.24, 2.45) is 0 Å². The first kappa shape index (κ1) is 12.3. The molecule has 6 nitrogen and oxygen atoms in total. The molecule has 0 unspecified atom stereocenters. The van der Waals surface area contributed by atoms with Gasteiger partial charge in [0.25, 0.3) is 0 Å². The molecule has 2 rings (SSSR count). The molecule has 2 aromatic heterocycles. The number of aromatic nitrogens is 4. The van der Waals surface area contributed by atoms with Gasteiger partial charge in [-0.25, -0.2) is 4.98 Å². The lowest BCUT2D eigenvalue weighted by Gasteiger charge is -2.08. The second kappa shape index (κ2) is 5.48. The summed E-state index contributed by atoms with van der Waals surface area (Å²) in [6.45, 7) is 2.10. The van der Waals surface area contributed by atoms with Gasteiger partial charge in [0, 0.05) is 18.8 Å². The molecule has 0 aliphatic rings. The summed E-state index contributed by atoms with van der Waals surface area (Å²) in [5.74, 6) is 2.36. The molecule has 2 aromatic rings. The summed E-state index contributed by atoms with van der Waals surface area (Å²) in [4.78, 5) is 12.9. The maximum absolute atomic E-state index is 5.13. The Morgan fingerprint density at radius 3 is 2.39 bits per heavy atom. The zero-order valence-corrected chi connectivity index (χ0v) is 10.8. The van der Waals surface area contributed by atoms with Crippen LogP contribution in [0.15, 0.2) is 18.5 Å². The van der Waals surface area contributed by atoms with Gasteiger partial charge in [-0.3, -0.25) is 4.57 Å². The Bertz CT molecular complexity index is 502. The second-order valence-electron chi connectivity index (χ2n) is 3.72. The number of aryl methyl sites for hydroxylation is 1. The van der Waals surface area contributed by atoms with Crippen LogP contribution in [0.3, 0.4) is 0 Å². The highest BCUT2D eigenvalue weighted by Gasteiger charge is 2.10. The highest BCUT2D eigenvalue weighted by Crippen LogP contribution is 2.18. The van der Waals surface area contributed by atoms with Crippen molar-refractivity contribution in [3.05, 3.63) is 24.3 Å². The van der Waals surface area contributed by atoms with Crippen molar-refractivity contribution in [1.82, 2.24) is 19.5 Å². The van der Waals surface area contributed by atoms with E-state index in [-0.39, 0.29) is 0 Å². The average molecular weight is 248 g/mol. The minimum atomic E-state index is 0.466. The summed E-state index contributed by atoms with van der Waals surface area (Å²) >= 11 is 0. The first-order valence-electron chi connectivity index (χ1n) is 5.78. The Labute approximate surface area is 106 Å². The van der Waals surface area contributed by atoms with Crippen LogP contribution in [0.2, 0.25) is 0 Å². The van der Waals surface area contributed by atoms with E-state index in [4.69, 9.17) is 9.47 Å². The fourth-order valence-electron chi connectivity index (χ4n) is 1.63. The van der Waals surface area contributed by atoms with Gasteiger partial charge in [-0.15, -0.1) is 0 Å². The van der Waals surface area contributed by atoms with Gasteiger partial charge in [-0.05, 0) is 6.42 Å². The minimum Gasteiger partial charge on any atom is -0.481 e. The molecule has 18 heavy (non-hydrogen) atoms. The molecule has 2 heterocycles. The van der Waals surface area contributed by atoms with Crippen molar-refractivity contribution >= 4 is 0 Å². The van der Waals surface area contributed by atoms with Crippen molar-refractivity contribution in [2.75, 3.05) is 14.2 Å². The maximum Gasteiger partial charge on any atom is 0.241 e. The molecular formula is C12H16N4O2. The lowest BCUT2D eigenvalue weighted by Crippen LogP contribution is -2.07. The van der Waals surface area contributed by atoms with Gasteiger partial charge < -0.3 is 9.47 Å². The Balaban J connectivity index is 2.45. The summed E-state index contributed by atoms with van der Waals surface area (Å²) in [6, 6.07) is 1.64. The summed E-state index contributed by atoms with van der Waals surface area (Å²) < 4.78 is 12.1. The van der Waals surface area contributed by atoms with Crippen LogP contribution in [0, 0.1) is 0 Å². The number of hydrogen-bond donors (Lipinski definition) is 0. The van der Waals surface area contributed by atoms with Crippen molar-refractivity contribution in [2.45, 2.75) is 19.8 Å². The Kier molecular flexibility index (Phi) is 3.76. The number of rotatable bonds is 5. The van der Waals surface area contributed by atoms with Crippen LogP contribution in [0.25, 0.3) is 5.95 Å². The van der Waals surface area contributed by atoms with Crippen molar-refractivity contribution in [1.29, 1.82) is 0 Å². The molecule has 0 aromatic carbocycles. The Hall–Kier alpha value is -2.11. The van der Waals surface area contributed by atoms with Gasteiger partial charge in [0.1, 0.15) is 5.82 Å². The fraction of sp³-hybridized carbons (Fsp3) is 0.417. The van der Waals surface area contributed by atoms with Gasteiger partial charge in [0.2, 0.25) is 17.7 Å². The summed E-state index contributed by atoms with van der Waals surface area (Å²) in [5.41, 5.74) is 0. The normalized spacial score (nSPS) is 10.4. The largest absolute Gasteiger partial charge is 0.481 e. The van der Waals surface area contributed by atoms with Gasteiger partial charge >= 0.3 is 0 Å². The second-order valence-corrected chi connectivity index (χ2v) is 3.72. The predicted molar refractivity (Wildman–Crippen MR) is 66.3 cm³/mol. The average Bonchev–Trinajstić information content (AvgIpc) is 2.87. The van der Waals surface area contributed by atoms with E-state index in [0.29, 0.717) is 17.7 Å². The van der Waals surface area contributed by atoms with E-state index >= 15 is 0 Å². The van der Waals surface area contributed by atoms with Gasteiger partial charge in [0.15, 0.2) is 0 Å². The summed E-state index contributed by atoms with van der Waals surface area (Å²) in [7, 11) is 3.12. The van der Waals surface area contributed by atoms with Gasteiger partial charge in [0.05, 0.1) is 20.3 Å². The number of imidazole rings is 1. The summed E-state index contributed by atoms with van der Waals surface area (Å²) in [6.07, 6.45) is 5.45. The highest BCUT2D eigenvalue weighted by molar-refractivity contribution is 5.28. The molecule has 0 saturated heterocycles. The summed E-state index contributed by atoms with van der Waals surface area (Å²) in [5, 5.41) is 0. The minimum absolute atomic E-state index is 0.466. The molecule has 0 saturated carbocycles. The molecule has 0 aliphatic heterocycles. The van der Waals surface area contributed by atoms with E-state index in [9.17, 15) is 0 Å². The van der Waals surface area contributed by atoms with Crippen molar-refractivity contribution in [3.8, 4) is 17.7 Å². The number of ether oxygens (including phenoxy) is 2. The first-order chi connectivity index (χ1) is 8.78. The molecule has 0 radical (unpaired) electrons. The van der Waals surface area contributed by atoms with E-state index in [0.717, 1.165) is 18.7 Å². The van der Waals surface area contributed by atoms with E-state index in [1.165, 1.54) is 0 Å². The van der Waals surface area contributed by atoms with Crippen LogP contribution >= 0.6 is 0 Å². The predicted octanol–water partition coefficient (Wildman–Crippen LogP) is 1.63. The molecular weight excluding hydrogens is 232 g/mol. The molecule has 0 spiro atoms. The topological polar surface area (TPSA) is 62.1 Å². The van der Waals surface area contributed by atoms with Crippen molar-refractivity contribution in [3.63, 3.8) is 0 Å². The fourth-order valence-corrected chi connectivity index (χ4v) is 1.63.